The molecular weight excluding hydrogens is 286 g/mol. The highest BCUT2D eigenvalue weighted by Crippen LogP contribution is 2.16. The summed E-state index contributed by atoms with van der Waals surface area (Å²) in [5, 5.41) is 3.42. The van der Waals surface area contributed by atoms with Crippen molar-refractivity contribution < 1.29 is 4.74 Å². The zero-order chi connectivity index (χ0) is 15.9. The number of ether oxygens (including phenoxy) is 1. The molecule has 0 saturated carbocycles. The molecule has 2 aromatic carbocycles. The van der Waals surface area contributed by atoms with Crippen LogP contribution in [0.15, 0.2) is 54.6 Å². The molecule has 0 radical (unpaired) electrons. The van der Waals surface area contributed by atoms with Crippen molar-refractivity contribution in [2.24, 2.45) is 0 Å². The van der Waals surface area contributed by atoms with Crippen LogP contribution >= 0.6 is 0 Å². The molecular formula is C19H23N3O. The highest BCUT2D eigenvalue weighted by Gasteiger charge is 2.08. The van der Waals surface area contributed by atoms with Gasteiger partial charge in [0.25, 0.3) is 0 Å². The van der Waals surface area contributed by atoms with E-state index in [-0.39, 0.29) is 0 Å². The number of fused-ring (bicyclic) bond motifs is 1. The van der Waals surface area contributed by atoms with Gasteiger partial charge in [-0.25, -0.2) is 4.98 Å². The van der Waals surface area contributed by atoms with Crippen molar-refractivity contribution in [3.8, 4) is 5.75 Å². The molecule has 23 heavy (non-hydrogen) atoms. The van der Waals surface area contributed by atoms with Crippen LogP contribution in [0.1, 0.15) is 19.2 Å². The third kappa shape index (κ3) is 3.90. The molecule has 0 amide bonds. The van der Waals surface area contributed by atoms with Crippen molar-refractivity contribution in [3.05, 3.63) is 60.4 Å². The Morgan fingerprint density at radius 1 is 1.04 bits per heavy atom. The molecule has 4 heteroatoms. The van der Waals surface area contributed by atoms with Crippen LogP contribution in [-0.4, -0.2) is 22.7 Å². The van der Waals surface area contributed by atoms with E-state index in [2.05, 4.69) is 35.0 Å². The first-order valence-corrected chi connectivity index (χ1v) is 8.21. The Hall–Kier alpha value is -2.33. The van der Waals surface area contributed by atoms with Crippen molar-refractivity contribution in [3.63, 3.8) is 0 Å². The first kappa shape index (κ1) is 15.6. The summed E-state index contributed by atoms with van der Waals surface area (Å²) < 4.78 is 8.00. The third-order valence-electron chi connectivity index (χ3n) is 3.75. The number of rotatable bonds is 8. The van der Waals surface area contributed by atoms with E-state index in [0.717, 1.165) is 43.1 Å². The summed E-state index contributed by atoms with van der Waals surface area (Å²) in [6, 6.07) is 18.2. The SMILES string of the molecule is CCCn1c(CNCCOc2ccccc2)nc2ccccc21. The lowest BCUT2D eigenvalue weighted by atomic mass is 10.3. The van der Waals surface area contributed by atoms with Crippen molar-refractivity contribution in [2.75, 3.05) is 13.2 Å². The second kappa shape index (κ2) is 7.79. The number of para-hydroxylation sites is 3. The maximum Gasteiger partial charge on any atom is 0.123 e. The molecule has 0 fully saturated rings. The predicted molar refractivity (Wildman–Crippen MR) is 93.7 cm³/mol. The Kier molecular flexibility index (Phi) is 5.27. The fourth-order valence-corrected chi connectivity index (χ4v) is 2.69. The van der Waals surface area contributed by atoms with Crippen molar-refractivity contribution in [1.82, 2.24) is 14.9 Å². The highest BCUT2D eigenvalue weighted by molar-refractivity contribution is 5.75. The van der Waals surface area contributed by atoms with E-state index in [4.69, 9.17) is 9.72 Å². The van der Waals surface area contributed by atoms with Gasteiger partial charge in [-0.15, -0.1) is 0 Å². The fourth-order valence-electron chi connectivity index (χ4n) is 2.69. The van der Waals surface area contributed by atoms with E-state index < -0.39 is 0 Å². The van der Waals surface area contributed by atoms with Gasteiger partial charge in [-0.05, 0) is 30.7 Å². The zero-order valence-corrected chi connectivity index (χ0v) is 13.5. The summed E-state index contributed by atoms with van der Waals surface area (Å²) in [6.07, 6.45) is 1.10. The summed E-state index contributed by atoms with van der Waals surface area (Å²) in [5.74, 6) is 2.00. The van der Waals surface area contributed by atoms with Crippen LogP contribution in [0.25, 0.3) is 11.0 Å². The van der Waals surface area contributed by atoms with Crippen LogP contribution in [0.5, 0.6) is 5.75 Å². The lowest BCUT2D eigenvalue weighted by Gasteiger charge is -2.09. The lowest BCUT2D eigenvalue weighted by molar-refractivity contribution is 0.312. The Morgan fingerprint density at radius 3 is 2.65 bits per heavy atom. The molecule has 0 aliphatic carbocycles. The Bertz CT molecular complexity index is 737. The molecule has 120 valence electrons. The molecule has 4 nitrogen and oxygen atoms in total. The Morgan fingerprint density at radius 2 is 1.83 bits per heavy atom. The molecule has 0 unspecified atom stereocenters. The molecule has 0 aliphatic heterocycles. The van der Waals surface area contributed by atoms with Gasteiger partial charge in [0.05, 0.1) is 17.6 Å². The largest absolute Gasteiger partial charge is 0.492 e. The number of hydrogen-bond donors (Lipinski definition) is 1. The molecule has 1 N–H and O–H groups in total. The van der Waals surface area contributed by atoms with Gasteiger partial charge in [0, 0.05) is 13.1 Å². The smallest absolute Gasteiger partial charge is 0.123 e. The van der Waals surface area contributed by atoms with Crippen LogP contribution in [0.2, 0.25) is 0 Å². The molecule has 0 bridgehead atoms. The Labute approximate surface area is 137 Å². The second-order valence-electron chi connectivity index (χ2n) is 5.51. The van der Waals surface area contributed by atoms with Crippen molar-refractivity contribution in [2.45, 2.75) is 26.4 Å². The maximum atomic E-state index is 5.69. The number of hydrogen-bond acceptors (Lipinski definition) is 3. The number of aryl methyl sites for hydroxylation is 1. The standard InChI is InChI=1S/C19H23N3O/c1-2-13-22-18-11-7-6-10-17(18)21-19(22)15-20-12-14-23-16-8-4-3-5-9-16/h3-11,20H,2,12-15H2,1H3. The average Bonchev–Trinajstić information content (AvgIpc) is 2.94. The van der Waals surface area contributed by atoms with Gasteiger partial charge >= 0.3 is 0 Å². The number of nitrogens with zero attached hydrogens (tertiary/aromatic N) is 2. The fraction of sp³-hybridized carbons (Fsp3) is 0.316. The van der Waals surface area contributed by atoms with E-state index >= 15 is 0 Å². The molecule has 0 spiro atoms. The lowest BCUT2D eigenvalue weighted by Crippen LogP contribution is -2.22. The third-order valence-corrected chi connectivity index (χ3v) is 3.75. The molecule has 1 aromatic heterocycles. The number of imidazole rings is 1. The van der Waals surface area contributed by atoms with Gasteiger partial charge in [0.2, 0.25) is 0 Å². The quantitative estimate of drug-likeness (QED) is 0.646. The van der Waals surface area contributed by atoms with Crippen LogP contribution in [0.4, 0.5) is 0 Å². The normalized spacial score (nSPS) is 11.0. The molecule has 3 rings (SSSR count). The highest BCUT2D eigenvalue weighted by atomic mass is 16.5. The van der Waals surface area contributed by atoms with Crippen LogP contribution < -0.4 is 10.1 Å². The maximum absolute atomic E-state index is 5.69. The van der Waals surface area contributed by atoms with Crippen LogP contribution in [-0.2, 0) is 13.1 Å². The van der Waals surface area contributed by atoms with Crippen molar-refractivity contribution >= 4 is 11.0 Å². The van der Waals surface area contributed by atoms with Gasteiger partial charge in [-0.1, -0.05) is 37.3 Å². The van der Waals surface area contributed by atoms with Crippen LogP contribution in [0, 0.1) is 0 Å². The molecule has 3 aromatic rings. The van der Waals surface area contributed by atoms with Gasteiger partial charge in [0.1, 0.15) is 18.2 Å². The summed E-state index contributed by atoms with van der Waals surface area (Å²) in [4.78, 5) is 4.75. The van der Waals surface area contributed by atoms with Gasteiger partial charge in [-0.3, -0.25) is 0 Å². The zero-order valence-electron chi connectivity index (χ0n) is 13.5. The average molecular weight is 309 g/mol. The monoisotopic (exact) mass is 309 g/mol. The predicted octanol–water partition coefficient (Wildman–Crippen LogP) is 3.61. The summed E-state index contributed by atoms with van der Waals surface area (Å²) in [7, 11) is 0. The van der Waals surface area contributed by atoms with E-state index in [0.29, 0.717) is 6.61 Å². The first-order chi connectivity index (χ1) is 11.4. The molecule has 0 aliphatic rings. The van der Waals surface area contributed by atoms with Gasteiger partial charge in [-0.2, -0.15) is 0 Å². The topological polar surface area (TPSA) is 39.1 Å². The summed E-state index contributed by atoms with van der Waals surface area (Å²) in [5.41, 5.74) is 2.28. The molecule has 1 heterocycles. The van der Waals surface area contributed by atoms with E-state index in [1.165, 1.54) is 5.52 Å². The van der Waals surface area contributed by atoms with Gasteiger partial charge < -0.3 is 14.6 Å². The van der Waals surface area contributed by atoms with E-state index in [9.17, 15) is 0 Å². The first-order valence-electron chi connectivity index (χ1n) is 8.21. The number of benzene rings is 2. The number of nitrogens with one attached hydrogen (secondary N) is 1. The minimum Gasteiger partial charge on any atom is -0.492 e. The molecule has 0 saturated heterocycles. The van der Waals surface area contributed by atoms with E-state index in [1.54, 1.807) is 0 Å². The second-order valence-corrected chi connectivity index (χ2v) is 5.51. The molecule has 0 atom stereocenters. The number of aromatic nitrogens is 2. The summed E-state index contributed by atoms with van der Waals surface area (Å²) in [6.45, 7) is 5.40. The Balaban J connectivity index is 1.55. The van der Waals surface area contributed by atoms with Crippen molar-refractivity contribution in [1.29, 1.82) is 0 Å². The summed E-state index contributed by atoms with van der Waals surface area (Å²) >= 11 is 0. The van der Waals surface area contributed by atoms with E-state index in [1.807, 2.05) is 36.4 Å². The van der Waals surface area contributed by atoms with Gasteiger partial charge in [0.15, 0.2) is 0 Å². The minimum atomic E-state index is 0.651. The van der Waals surface area contributed by atoms with Crippen LogP contribution in [0.3, 0.4) is 0 Å². The minimum absolute atomic E-state index is 0.651.